The highest BCUT2D eigenvalue weighted by molar-refractivity contribution is 5.55. The van der Waals surface area contributed by atoms with Crippen LogP contribution in [-0.2, 0) is 4.74 Å². The number of anilines is 2. The lowest BCUT2D eigenvalue weighted by Crippen LogP contribution is -2.25. The molecule has 0 radical (unpaired) electrons. The van der Waals surface area contributed by atoms with Crippen molar-refractivity contribution < 1.29 is 4.74 Å². The van der Waals surface area contributed by atoms with Crippen molar-refractivity contribution >= 4 is 11.6 Å². The third-order valence-electron chi connectivity index (χ3n) is 3.34. The van der Waals surface area contributed by atoms with E-state index < -0.39 is 0 Å². The molecular weight excluding hydrogens is 228 g/mol. The molecule has 0 amide bonds. The molecule has 1 aliphatic carbocycles. The number of hydrogen-bond donors (Lipinski definition) is 2. The Hall–Kier alpha value is -1.36. The molecule has 2 rings (SSSR count). The molecule has 0 saturated heterocycles. The normalized spacial score (nSPS) is 16.6. The largest absolute Gasteiger partial charge is 0.383 e. The smallest absolute Gasteiger partial charge is 0.136 e. The van der Waals surface area contributed by atoms with Gasteiger partial charge in [-0.05, 0) is 26.2 Å². The molecule has 1 saturated carbocycles. The Morgan fingerprint density at radius 3 is 2.72 bits per heavy atom. The molecule has 1 aromatic heterocycles. The number of nitrogens with zero attached hydrogens (tertiary/aromatic N) is 2. The van der Waals surface area contributed by atoms with Gasteiger partial charge in [0, 0.05) is 18.6 Å². The third-order valence-corrected chi connectivity index (χ3v) is 3.34. The predicted octanol–water partition coefficient (Wildman–Crippen LogP) is 2.08. The number of ether oxygens (including phenoxy) is 1. The number of methoxy groups -OCH3 is 1. The summed E-state index contributed by atoms with van der Waals surface area (Å²) < 4.78 is 5.19. The van der Waals surface area contributed by atoms with Gasteiger partial charge in [0.25, 0.3) is 0 Å². The molecule has 3 N–H and O–H groups in total. The summed E-state index contributed by atoms with van der Waals surface area (Å²) in [5.41, 5.74) is 6.88. The molecule has 0 spiro atoms. The van der Waals surface area contributed by atoms with Crippen molar-refractivity contribution in [1.82, 2.24) is 9.97 Å². The van der Waals surface area contributed by atoms with Crippen molar-refractivity contribution in [2.24, 2.45) is 0 Å². The second-order valence-corrected chi connectivity index (χ2v) is 4.92. The molecule has 0 aromatic carbocycles. The fourth-order valence-electron chi connectivity index (χ4n) is 1.87. The fourth-order valence-corrected chi connectivity index (χ4v) is 1.87. The second-order valence-electron chi connectivity index (χ2n) is 4.92. The van der Waals surface area contributed by atoms with E-state index in [2.05, 4.69) is 22.2 Å². The summed E-state index contributed by atoms with van der Waals surface area (Å²) in [6.45, 7) is 4.74. The van der Waals surface area contributed by atoms with Gasteiger partial charge in [0.15, 0.2) is 0 Å². The van der Waals surface area contributed by atoms with Gasteiger partial charge in [-0.2, -0.15) is 0 Å². The molecule has 18 heavy (non-hydrogen) atoms. The summed E-state index contributed by atoms with van der Waals surface area (Å²) in [6.07, 6.45) is 3.34. The average Bonchev–Trinajstić information content (AvgIpc) is 3.18. The van der Waals surface area contributed by atoms with E-state index in [-0.39, 0.29) is 6.04 Å². The summed E-state index contributed by atoms with van der Waals surface area (Å²) in [6, 6.07) is 0.259. The fraction of sp³-hybridized carbons (Fsp3) is 0.692. The van der Waals surface area contributed by atoms with Crippen molar-refractivity contribution in [2.45, 2.75) is 45.1 Å². The Morgan fingerprint density at radius 2 is 2.17 bits per heavy atom. The van der Waals surface area contributed by atoms with Crippen molar-refractivity contribution in [3.8, 4) is 0 Å². The number of rotatable bonds is 6. The molecule has 1 aliphatic rings. The average molecular weight is 250 g/mol. The summed E-state index contributed by atoms with van der Waals surface area (Å²) in [7, 11) is 1.71. The van der Waals surface area contributed by atoms with E-state index >= 15 is 0 Å². The maximum Gasteiger partial charge on any atom is 0.136 e. The standard InChI is InChI=1S/C13H22N4O/c1-4-10(7-18-3)15-12-8(2)11(14)16-13(17-12)9-5-6-9/h9-10H,4-7H2,1-3H3,(H3,14,15,16,17). The molecule has 1 fully saturated rings. The second kappa shape index (κ2) is 5.52. The SMILES string of the molecule is CCC(COC)Nc1nc(C2CC2)nc(N)c1C. The first-order valence-corrected chi connectivity index (χ1v) is 6.55. The van der Waals surface area contributed by atoms with E-state index in [9.17, 15) is 0 Å². The highest BCUT2D eigenvalue weighted by Crippen LogP contribution is 2.39. The molecule has 1 aromatic rings. The van der Waals surface area contributed by atoms with Crippen LogP contribution in [0.25, 0.3) is 0 Å². The van der Waals surface area contributed by atoms with Gasteiger partial charge < -0.3 is 15.8 Å². The van der Waals surface area contributed by atoms with Gasteiger partial charge in [0.1, 0.15) is 17.5 Å². The zero-order valence-corrected chi connectivity index (χ0v) is 11.4. The number of nitrogens with two attached hydrogens (primary N) is 1. The van der Waals surface area contributed by atoms with Crippen LogP contribution in [0.1, 0.15) is 43.5 Å². The topological polar surface area (TPSA) is 73.1 Å². The molecule has 1 unspecified atom stereocenters. The summed E-state index contributed by atoms with van der Waals surface area (Å²) in [4.78, 5) is 8.98. The minimum atomic E-state index is 0.259. The van der Waals surface area contributed by atoms with Crippen LogP contribution in [-0.4, -0.2) is 29.7 Å². The van der Waals surface area contributed by atoms with Crippen molar-refractivity contribution in [3.05, 3.63) is 11.4 Å². The van der Waals surface area contributed by atoms with Crippen LogP contribution in [0.15, 0.2) is 0 Å². The van der Waals surface area contributed by atoms with Gasteiger partial charge in [0.05, 0.1) is 12.6 Å². The van der Waals surface area contributed by atoms with Crippen LogP contribution in [0.3, 0.4) is 0 Å². The molecule has 5 heteroatoms. The first-order chi connectivity index (χ1) is 8.65. The Kier molecular flexibility index (Phi) is 4.01. The molecular formula is C13H22N4O. The summed E-state index contributed by atoms with van der Waals surface area (Å²) >= 11 is 0. The van der Waals surface area contributed by atoms with Crippen LogP contribution >= 0.6 is 0 Å². The van der Waals surface area contributed by atoms with Gasteiger partial charge in [0.2, 0.25) is 0 Å². The number of hydrogen-bond acceptors (Lipinski definition) is 5. The van der Waals surface area contributed by atoms with Crippen LogP contribution in [0, 0.1) is 6.92 Å². The van der Waals surface area contributed by atoms with Gasteiger partial charge >= 0.3 is 0 Å². The zero-order chi connectivity index (χ0) is 13.1. The molecule has 1 atom stereocenters. The molecule has 1 heterocycles. The van der Waals surface area contributed by atoms with E-state index in [0.717, 1.165) is 23.6 Å². The lowest BCUT2D eigenvalue weighted by Gasteiger charge is -2.19. The monoisotopic (exact) mass is 250 g/mol. The van der Waals surface area contributed by atoms with E-state index in [4.69, 9.17) is 10.5 Å². The number of nitrogen functional groups attached to an aromatic ring is 1. The maximum absolute atomic E-state index is 5.96. The molecule has 5 nitrogen and oxygen atoms in total. The van der Waals surface area contributed by atoms with Crippen molar-refractivity contribution in [3.63, 3.8) is 0 Å². The highest BCUT2D eigenvalue weighted by Gasteiger charge is 2.28. The Morgan fingerprint density at radius 1 is 1.44 bits per heavy atom. The minimum Gasteiger partial charge on any atom is -0.383 e. The lowest BCUT2D eigenvalue weighted by atomic mass is 10.2. The van der Waals surface area contributed by atoms with Gasteiger partial charge in [-0.25, -0.2) is 9.97 Å². The van der Waals surface area contributed by atoms with E-state index in [0.29, 0.717) is 18.3 Å². The lowest BCUT2D eigenvalue weighted by molar-refractivity contribution is 0.184. The van der Waals surface area contributed by atoms with E-state index in [1.54, 1.807) is 7.11 Å². The van der Waals surface area contributed by atoms with Crippen molar-refractivity contribution in [1.29, 1.82) is 0 Å². The maximum atomic E-state index is 5.96. The quantitative estimate of drug-likeness (QED) is 0.808. The summed E-state index contributed by atoms with van der Waals surface area (Å²) in [5, 5.41) is 3.41. The Bertz CT molecular complexity index is 418. The van der Waals surface area contributed by atoms with E-state index in [1.807, 2.05) is 6.92 Å². The highest BCUT2D eigenvalue weighted by atomic mass is 16.5. The predicted molar refractivity (Wildman–Crippen MR) is 72.7 cm³/mol. The van der Waals surface area contributed by atoms with Crippen molar-refractivity contribution in [2.75, 3.05) is 24.8 Å². The van der Waals surface area contributed by atoms with Gasteiger partial charge in [-0.3, -0.25) is 0 Å². The number of aromatic nitrogens is 2. The Labute approximate surface area is 108 Å². The molecule has 0 bridgehead atoms. The minimum absolute atomic E-state index is 0.259. The van der Waals surface area contributed by atoms with Gasteiger partial charge in [-0.1, -0.05) is 6.92 Å². The number of nitrogens with one attached hydrogen (secondary N) is 1. The van der Waals surface area contributed by atoms with Gasteiger partial charge in [-0.15, -0.1) is 0 Å². The first-order valence-electron chi connectivity index (χ1n) is 6.55. The Balaban J connectivity index is 2.19. The zero-order valence-electron chi connectivity index (χ0n) is 11.4. The van der Waals surface area contributed by atoms with Crippen LogP contribution < -0.4 is 11.1 Å². The van der Waals surface area contributed by atoms with Crippen LogP contribution in [0.5, 0.6) is 0 Å². The molecule has 100 valence electrons. The summed E-state index contributed by atoms with van der Waals surface area (Å²) in [5.74, 6) is 2.83. The van der Waals surface area contributed by atoms with Crippen LogP contribution in [0.4, 0.5) is 11.6 Å². The van der Waals surface area contributed by atoms with Crippen LogP contribution in [0.2, 0.25) is 0 Å². The van der Waals surface area contributed by atoms with E-state index in [1.165, 1.54) is 12.8 Å². The third kappa shape index (κ3) is 2.90. The first kappa shape index (κ1) is 13.1. The molecule has 0 aliphatic heterocycles.